The molecule has 8 heteroatoms. The molecule has 1 amide bonds. The Balaban J connectivity index is 1.38. The van der Waals surface area contributed by atoms with E-state index in [1.165, 1.54) is 11.3 Å². The van der Waals surface area contributed by atoms with Gasteiger partial charge in [-0.15, -0.1) is 0 Å². The largest absolute Gasteiger partial charge is 0.496 e. The average molecular weight is 498 g/mol. The first-order chi connectivity index (χ1) is 16.5. The predicted octanol–water partition coefficient (Wildman–Crippen LogP) is 5.48. The molecule has 0 aliphatic carbocycles. The van der Waals surface area contributed by atoms with Crippen molar-refractivity contribution >= 4 is 41.0 Å². The highest BCUT2D eigenvalue weighted by molar-refractivity contribution is 6.35. The lowest BCUT2D eigenvalue weighted by Gasteiger charge is -2.31. The highest BCUT2D eigenvalue weighted by atomic mass is 35.5. The van der Waals surface area contributed by atoms with Gasteiger partial charge in [-0.2, -0.15) is 5.10 Å². The fraction of sp³-hybridized carbons (Fsp3) is 0.231. The van der Waals surface area contributed by atoms with Crippen LogP contribution >= 0.6 is 23.2 Å². The third kappa shape index (κ3) is 6.01. The van der Waals surface area contributed by atoms with Crippen LogP contribution in [-0.2, 0) is 17.8 Å². The maximum atomic E-state index is 12.1. The normalized spacial score (nSPS) is 13.0. The van der Waals surface area contributed by atoms with Crippen LogP contribution in [0.3, 0.4) is 0 Å². The van der Waals surface area contributed by atoms with Crippen molar-refractivity contribution in [2.75, 3.05) is 25.2 Å². The lowest BCUT2D eigenvalue weighted by Crippen LogP contribution is -2.29. The van der Waals surface area contributed by atoms with E-state index in [-0.39, 0.29) is 6.61 Å². The van der Waals surface area contributed by atoms with Gasteiger partial charge in [0, 0.05) is 29.4 Å². The zero-order chi connectivity index (χ0) is 23.9. The minimum Gasteiger partial charge on any atom is -0.496 e. The second-order valence-electron chi connectivity index (χ2n) is 7.88. The Bertz CT molecular complexity index is 1200. The Morgan fingerprint density at radius 1 is 1.12 bits per heavy atom. The number of halogens is 2. The molecule has 0 radical (unpaired) electrons. The van der Waals surface area contributed by atoms with Gasteiger partial charge in [0.1, 0.15) is 11.5 Å². The predicted molar refractivity (Wildman–Crippen MR) is 137 cm³/mol. The average Bonchev–Trinajstić information content (AvgIpc) is 2.84. The molecule has 0 saturated carbocycles. The monoisotopic (exact) mass is 497 g/mol. The van der Waals surface area contributed by atoms with Crippen LogP contribution in [0.5, 0.6) is 11.5 Å². The summed E-state index contributed by atoms with van der Waals surface area (Å²) < 4.78 is 11.0. The number of methoxy groups -OCH3 is 1. The van der Waals surface area contributed by atoms with Crippen molar-refractivity contribution in [3.05, 3.63) is 87.4 Å². The summed E-state index contributed by atoms with van der Waals surface area (Å²) in [6.45, 7) is 1.50. The molecule has 1 N–H and O–H groups in total. The third-order valence-electron chi connectivity index (χ3n) is 5.53. The molecule has 0 fully saturated rings. The molecule has 0 spiro atoms. The summed E-state index contributed by atoms with van der Waals surface area (Å²) in [6.07, 6.45) is 3.82. The molecule has 4 rings (SSSR count). The van der Waals surface area contributed by atoms with Gasteiger partial charge in [0.15, 0.2) is 6.61 Å². The van der Waals surface area contributed by atoms with Gasteiger partial charge in [-0.3, -0.25) is 4.79 Å². The first-order valence-corrected chi connectivity index (χ1v) is 11.7. The SMILES string of the molecule is COc1ccc(/C=N\NC(=O)COc2ccc(Cl)cc2Cl)cc1CN1CCCc2ccccc21. The van der Waals surface area contributed by atoms with E-state index in [0.29, 0.717) is 15.8 Å². The van der Waals surface area contributed by atoms with E-state index in [1.54, 1.807) is 31.5 Å². The number of hydrogen-bond acceptors (Lipinski definition) is 5. The summed E-state index contributed by atoms with van der Waals surface area (Å²) in [4.78, 5) is 14.5. The van der Waals surface area contributed by atoms with Gasteiger partial charge in [-0.05, 0) is 66.4 Å². The molecule has 0 saturated heterocycles. The van der Waals surface area contributed by atoms with E-state index in [1.807, 2.05) is 18.2 Å². The summed E-state index contributed by atoms with van der Waals surface area (Å²) in [5, 5.41) is 4.89. The first-order valence-electron chi connectivity index (χ1n) is 10.9. The number of anilines is 1. The fourth-order valence-electron chi connectivity index (χ4n) is 3.93. The second kappa shape index (κ2) is 11.3. The molecule has 1 aliphatic rings. The lowest BCUT2D eigenvalue weighted by molar-refractivity contribution is -0.123. The minimum atomic E-state index is -0.402. The van der Waals surface area contributed by atoms with Crippen molar-refractivity contribution in [1.82, 2.24) is 5.43 Å². The number of amides is 1. The summed E-state index contributed by atoms with van der Waals surface area (Å²) in [7, 11) is 1.67. The second-order valence-corrected chi connectivity index (χ2v) is 8.73. The Morgan fingerprint density at radius 2 is 1.94 bits per heavy atom. The number of carbonyl (C=O) groups excluding carboxylic acids is 1. The molecule has 0 unspecified atom stereocenters. The van der Waals surface area contributed by atoms with E-state index >= 15 is 0 Å². The summed E-state index contributed by atoms with van der Waals surface area (Å²) in [5.41, 5.74) is 7.01. The van der Waals surface area contributed by atoms with Gasteiger partial charge in [0.2, 0.25) is 0 Å². The molecule has 0 bridgehead atoms. The number of ether oxygens (including phenoxy) is 2. The van der Waals surface area contributed by atoms with Crippen molar-refractivity contribution < 1.29 is 14.3 Å². The van der Waals surface area contributed by atoms with E-state index in [4.69, 9.17) is 32.7 Å². The molecular formula is C26H25Cl2N3O3. The molecule has 3 aromatic rings. The number of fused-ring (bicyclic) bond motifs is 1. The number of aryl methyl sites for hydroxylation is 1. The number of nitrogens with zero attached hydrogens (tertiary/aromatic N) is 2. The van der Waals surface area contributed by atoms with E-state index in [0.717, 1.165) is 42.8 Å². The molecule has 176 valence electrons. The van der Waals surface area contributed by atoms with Gasteiger partial charge < -0.3 is 14.4 Å². The van der Waals surface area contributed by atoms with Crippen molar-refractivity contribution in [2.45, 2.75) is 19.4 Å². The summed E-state index contributed by atoms with van der Waals surface area (Å²) in [6, 6.07) is 19.2. The summed E-state index contributed by atoms with van der Waals surface area (Å²) in [5.74, 6) is 0.794. The van der Waals surface area contributed by atoms with Crippen LogP contribution in [0.15, 0.2) is 65.8 Å². The highest BCUT2D eigenvalue weighted by Gasteiger charge is 2.18. The Kier molecular flexibility index (Phi) is 7.93. The lowest BCUT2D eigenvalue weighted by atomic mass is 10.0. The van der Waals surface area contributed by atoms with Gasteiger partial charge >= 0.3 is 0 Å². The quantitative estimate of drug-likeness (QED) is 0.330. The Labute approximate surface area is 209 Å². The van der Waals surface area contributed by atoms with Gasteiger partial charge in [-0.1, -0.05) is 41.4 Å². The van der Waals surface area contributed by atoms with Crippen LogP contribution in [0.2, 0.25) is 10.0 Å². The van der Waals surface area contributed by atoms with Crippen LogP contribution in [-0.4, -0.2) is 32.4 Å². The van der Waals surface area contributed by atoms with Crippen molar-refractivity contribution in [3.63, 3.8) is 0 Å². The third-order valence-corrected chi connectivity index (χ3v) is 6.06. The molecule has 3 aromatic carbocycles. The molecule has 1 aliphatic heterocycles. The van der Waals surface area contributed by atoms with Crippen molar-refractivity contribution in [3.8, 4) is 11.5 Å². The maximum Gasteiger partial charge on any atom is 0.277 e. The van der Waals surface area contributed by atoms with E-state index in [2.05, 4.69) is 39.7 Å². The molecule has 6 nitrogen and oxygen atoms in total. The molecule has 0 aromatic heterocycles. The number of hydrazone groups is 1. The first kappa shape index (κ1) is 23.9. The van der Waals surface area contributed by atoms with E-state index < -0.39 is 5.91 Å². The zero-order valence-corrected chi connectivity index (χ0v) is 20.3. The van der Waals surface area contributed by atoms with Gasteiger partial charge in [-0.25, -0.2) is 5.43 Å². The number of hydrogen-bond donors (Lipinski definition) is 1. The zero-order valence-electron chi connectivity index (χ0n) is 18.8. The molecular weight excluding hydrogens is 473 g/mol. The van der Waals surface area contributed by atoms with Crippen molar-refractivity contribution in [2.24, 2.45) is 5.10 Å². The Hall–Kier alpha value is -3.22. The van der Waals surface area contributed by atoms with Crippen LogP contribution < -0.4 is 19.8 Å². The fourth-order valence-corrected chi connectivity index (χ4v) is 4.39. The number of para-hydroxylation sites is 1. The Morgan fingerprint density at radius 3 is 2.76 bits per heavy atom. The van der Waals surface area contributed by atoms with E-state index in [9.17, 15) is 4.79 Å². The van der Waals surface area contributed by atoms with Crippen molar-refractivity contribution in [1.29, 1.82) is 0 Å². The van der Waals surface area contributed by atoms with Crippen LogP contribution in [0.4, 0.5) is 5.69 Å². The van der Waals surface area contributed by atoms with Crippen LogP contribution in [0, 0.1) is 0 Å². The van der Waals surface area contributed by atoms with Gasteiger partial charge in [0.05, 0.1) is 18.3 Å². The van der Waals surface area contributed by atoms with Crippen LogP contribution in [0.25, 0.3) is 0 Å². The molecule has 34 heavy (non-hydrogen) atoms. The topological polar surface area (TPSA) is 63.2 Å². The molecule has 1 heterocycles. The number of rotatable bonds is 8. The highest BCUT2D eigenvalue weighted by Crippen LogP contribution is 2.30. The molecule has 0 atom stereocenters. The number of nitrogens with one attached hydrogen (secondary N) is 1. The maximum absolute atomic E-state index is 12.1. The number of benzene rings is 3. The van der Waals surface area contributed by atoms with Crippen LogP contribution in [0.1, 0.15) is 23.1 Å². The standard InChI is InChI=1S/C26H25Cl2N3O3/c1-33-24-10-8-18(13-20(24)16-31-12-4-6-19-5-2-3-7-23(19)31)15-29-30-26(32)17-34-25-11-9-21(27)14-22(25)28/h2-3,5,7-11,13-15H,4,6,12,16-17H2,1H3,(H,30,32)/b29-15-. The smallest absolute Gasteiger partial charge is 0.277 e. The minimum absolute atomic E-state index is 0.221. The number of carbonyl (C=O) groups is 1. The summed E-state index contributed by atoms with van der Waals surface area (Å²) >= 11 is 11.9. The van der Waals surface area contributed by atoms with Gasteiger partial charge in [0.25, 0.3) is 5.91 Å².